The van der Waals surface area contributed by atoms with Crippen LogP contribution in [0.3, 0.4) is 0 Å². The van der Waals surface area contributed by atoms with E-state index in [0.717, 1.165) is 16.9 Å². The topological polar surface area (TPSA) is 26.3 Å². The summed E-state index contributed by atoms with van der Waals surface area (Å²) in [5.74, 6) is 0.634. The van der Waals surface area contributed by atoms with E-state index in [0.29, 0.717) is 23.7 Å². The Balaban J connectivity index is 1.89. The Morgan fingerprint density at radius 2 is 1.90 bits per heavy atom. The van der Waals surface area contributed by atoms with Crippen LogP contribution in [0, 0.1) is 5.82 Å². The Kier molecular flexibility index (Phi) is 5.51. The van der Waals surface area contributed by atoms with Gasteiger partial charge < -0.3 is 4.74 Å². The molecule has 0 aliphatic carbocycles. The van der Waals surface area contributed by atoms with Gasteiger partial charge in [0.25, 0.3) is 0 Å². The molecule has 0 fully saturated rings. The van der Waals surface area contributed by atoms with Gasteiger partial charge in [0, 0.05) is 17.3 Å². The fourth-order valence-electron chi connectivity index (χ4n) is 2.04. The first-order valence-electron chi connectivity index (χ1n) is 6.67. The van der Waals surface area contributed by atoms with Crippen LogP contribution in [0.5, 0.6) is 5.75 Å². The monoisotopic (exact) mass is 350 g/mol. The lowest BCUT2D eigenvalue weighted by molar-refractivity contribution is -0.118. The standard InChI is InChI=1S/C17H16BrFO2/c1-21-16-8-3-12(4-9-16)2-7-15(20)10-13-5-6-14(19)11-17(13)18/h3-6,8-9,11H,2,7,10H2,1H3. The number of hydrogen-bond acceptors (Lipinski definition) is 2. The molecule has 0 N–H and O–H groups in total. The quantitative estimate of drug-likeness (QED) is 0.774. The van der Waals surface area contributed by atoms with Gasteiger partial charge in [-0.1, -0.05) is 34.1 Å². The normalized spacial score (nSPS) is 10.4. The number of carbonyl (C=O) groups excluding carboxylic acids is 1. The molecular formula is C17H16BrFO2. The van der Waals surface area contributed by atoms with Crippen LogP contribution in [0.1, 0.15) is 17.5 Å². The Morgan fingerprint density at radius 3 is 2.52 bits per heavy atom. The summed E-state index contributed by atoms with van der Waals surface area (Å²) in [7, 11) is 1.62. The molecule has 0 saturated carbocycles. The van der Waals surface area contributed by atoms with Gasteiger partial charge in [-0.15, -0.1) is 0 Å². The molecule has 21 heavy (non-hydrogen) atoms. The molecule has 0 saturated heterocycles. The summed E-state index contributed by atoms with van der Waals surface area (Å²) in [5.41, 5.74) is 1.92. The second kappa shape index (κ2) is 7.36. The molecule has 2 nitrogen and oxygen atoms in total. The Hall–Kier alpha value is -1.68. The zero-order valence-corrected chi connectivity index (χ0v) is 13.3. The number of ketones is 1. The molecule has 0 bridgehead atoms. The first kappa shape index (κ1) is 15.7. The zero-order chi connectivity index (χ0) is 15.2. The van der Waals surface area contributed by atoms with Gasteiger partial charge in [0.1, 0.15) is 17.3 Å². The molecule has 0 atom stereocenters. The lowest BCUT2D eigenvalue weighted by atomic mass is 10.0. The van der Waals surface area contributed by atoms with Crippen molar-refractivity contribution in [3.8, 4) is 5.75 Å². The molecule has 110 valence electrons. The van der Waals surface area contributed by atoms with Crippen LogP contribution in [-0.4, -0.2) is 12.9 Å². The van der Waals surface area contributed by atoms with Crippen LogP contribution in [0.15, 0.2) is 46.9 Å². The Bertz CT molecular complexity index is 623. The van der Waals surface area contributed by atoms with Crippen molar-refractivity contribution in [1.29, 1.82) is 0 Å². The predicted octanol–water partition coefficient (Wildman–Crippen LogP) is 4.34. The highest BCUT2D eigenvalue weighted by Gasteiger charge is 2.08. The van der Waals surface area contributed by atoms with E-state index in [1.807, 2.05) is 24.3 Å². The van der Waals surface area contributed by atoms with Gasteiger partial charge >= 0.3 is 0 Å². The molecule has 0 aliphatic rings. The second-order valence-corrected chi connectivity index (χ2v) is 5.65. The average Bonchev–Trinajstić information content (AvgIpc) is 2.48. The van der Waals surface area contributed by atoms with Gasteiger partial charge in [-0.2, -0.15) is 0 Å². The summed E-state index contributed by atoms with van der Waals surface area (Å²) in [6, 6.07) is 12.1. The lowest BCUT2D eigenvalue weighted by Gasteiger charge is -2.05. The highest BCUT2D eigenvalue weighted by atomic mass is 79.9. The molecule has 2 rings (SSSR count). The summed E-state index contributed by atoms with van der Waals surface area (Å²) in [6.07, 6.45) is 1.48. The lowest BCUT2D eigenvalue weighted by Crippen LogP contribution is -2.05. The summed E-state index contributed by atoms with van der Waals surface area (Å²) in [4.78, 5) is 12.0. The van der Waals surface area contributed by atoms with Gasteiger partial charge in [-0.25, -0.2) is 4.39 Å². The minimum absolute atomic E-state index is 0.137. The molecule has 0 heterocycles. The van der Waals surface area contributed by atoms with Gasteiger partial charge in [-0.05, 0) is 41.8 Å². The molecule has 2 aromatic carbocycles. The van der Waals surface area contributed by atoms with Gasteiger partial charge in [-0.3, -0.25) is 4.79 Å². The average molecular weight is 351 g/mol. The largest absolute Gasteiger partial charge is 0.497 e. The van der Waals surface area contributed by atoms with E-state index in [1.54, 1.807) is 13.2 Å². The first-order valence-corrected chi connectivity index (χ1v) is 7.46. The molecular weight excluding hydrogens is 335 g/mol. The number of Topliss-reactive ketones (excluding diaryl/α,β-unsaturated/α-hetero) is 1. The number of carbonyl (C=O) groups is 1. The third kappa shape index (κ3) is 4.67. The predicted molar refractivity (Wildman–Crippen MR) is 84.1 cm³/mol. The van der Waals surface area contributed by atoms with E-state index in [1.165, 1.54) is 12.1 Å². The molecule has 0 radical (unpaired) electrons. The van der Waals surface area contributed by atoms with Crippen LogP contribution in [0.25, 0.3) is 0 Å². The van der Waals surface area contributed by atoms with Crippen molar-refractivity contribution in [2.45, 2.75) is 19.3 Å². The maximum Gasteiger partial charge on any atom is 0.137 e. The summed E-state index contributed by atoms with van der Waals surface area (Å²) in [6.45, 7) is 0. The van der Waals surface area contributed by atoms with Crippen molar-refractivity contribution in [3.63, 3.8) is 0 Å². The van der Waals surface area contributed by atoms with E-state index >= 15 is 0 Å². The third-order valence-corrected chi connectivity index (χ3v) is 3.99. The fourth-order valence-corrected chi connectivity index (χ4v) is 2.53. The van der Waals surface area contributed by atoms with Crippen molar-refractivity contribution in [2.75, 3.05) is 7.11 Å². The van der Waals surface area contributed by atoms with Crippen LogP contribution in [-0.2, 0) is 17.6 Å². The Labute approximate surface area is 132 Å². The minimum atomic E-state index is -0.309. The number of benzene rings is 2. The van der Waals surface area contributed by atoms with Crippen molar-refractivity contribution in [1.82, 2.24) is 0 Å². The maximum absolute atomic E-state index is 13.0. The third-order valence-electron chi connectivity index (χ3n) is 3.25. The molecule has 0 aliphatic heterocycles. The summed E-state index contributed by atoms with van der Waals surface area (Å²) >= 11 is 3.28. The van der Waals surface area contributed by atoms with Crippen molar-refractivity contribution < 1.29 is 13.9 Å². The molecule has 4 heteroatoms. The molecule has 2 aromatic rings. The number of rotatable bonds is 6. The van der Waals surface area contributed by atoms with E-state index in [9.17, 15) is 9.18 Å². The fraction of sp³-hybridized carbons (Fsp3) is 0.235. The van der Waals surface area contributed by atoms with Crippen LogP contribution < -0.4 is 4.74 Å². The zero-order valence-electron chi connectivity index (χ0n) is 11.7. The maximum atomic E-state index is 13.0. The molecule has 0 amide bonds. The van der Waals surface area contributed by atoms with Crippen LogP contribution in [0.2, 0.25) is 0 Å². The molecule has 0 unspecified atom stereocenters. The first-order chi connectivity index (χ1) is 10.1. The van der Waals surface area contributed by atoms with E-state index in [-0.39, 0.29) is 11.6 Å². The Morgan fingerprint density at radius 1 is 1.19 bits per heavy atom. The van der Waals surface area contributed by atoms with E-state index in [4.69, 9.17) is 4.74 Å². The van der Waals surface area contributed by atoms with Crippen molar-refractivity contribution in [3.05, 3.63) is 63.9 Å². The van der Waals surface area contributed by atoms with E-state index in [2.05, 4.69) is 15.9 Å². The van der Waals surface area contributed by atoms with Gasteiger partial charge in [0.15, 0.2) is 0 Å². The number of methoxy groups -OCH3 is 1. The number of ether oxygens (including phenoxy) is 1. The highest BCUT2D eigenvalue weighted by Crippen LogP contribution is 2.19. The van der Waals surface area contributed by atoms with Crippen LogP contribution in [0.4, 0.5) is 4.39 Å². The summed E-state index contributed by atoms with van der Waals surface area (Å²) in [5, 5.41) is 0. The molecule has 0 aromatic heterocycles. The van der Waals surface area contributed by atoms with E-state index < -0.39 is 0 Å². The smallest absolute Gasteiger partial charge is 0.137 e. The van der Waals surface area contributed by atoms with Gasteiger partial charge in [0.05, 0.1) is 7.11 Å². The van der Waals surface area contributed by atoms with Crippen LogP contribution >= 0.6 is 15.9 Å². The highest BCUT2D eigenvalue weighted by molar-refractivity contribution is 9.10. The number of aryl methyl sites for hydroxylation is 1. The van der Waals surface area contributed by atoms with Gasteiger partial charge in [0.2, 0.25) is 0 Å². The number of halogens is 2. The second-order valence-electron chi connectivity index (χ2n) is 4.80. The molecule has 0 spiro atoms. The van der Waals surface area contributed by atoms with Crippen molar-refractivity contribution in [2.24, 2.45) is 0 Å². The SMILES string of the molecule is COc1ccc(CCC(=O)Cc2ccc(F)cc2Br)cc1. The van der Waals surface area contributed by atoms with Crippen molar-refractivity contribution >= 4 is 21.7 Å². The number of hydrogen-bond donors (Lipinski definition) is 0. The summed E-state index contributed by atoms with van der Waals surface area (Å²) < 4.78 is 18.7. The minimum Gasteiger partial charge on any atom is -0.497 e.